The summed E-state index contributed by atoms with van der Waals surface area (Å²) in [5, 5.41) is 3.96. The van der Waals surface area contributed by atoms with Gasteiger partial charge in [-0.15, -0.1) is 0 Å². The minimum atomic E-state index is -1.58. The summed E-state index contributed by atoms with van der Waals surface area (Å²) in [4.78, 5) is 0. The molecule has 1 fully saturated rings. The van der Waals surface area contributed by atoms with Gasteiger partial charge in [-0.1, -0.05) is 51.1 Å². The first-order chi connectivity index (χ1) is 11.3. The van der Waals surface area contributed by atoms with Gasteiger partial charge in [0, 0.05) is 13.2 Å². The second-order valence-corrected chi connectivity index (χ2v) is 13.9. The van der Waals surface area contributed by atoms with Crippen LogP contribution >= 0.6 is 0 Å². The third-order valence-electron chi connectivity index (χ3n) is 6.06. The molecule has 2 nitrogen and oxygen atoms in total. The van der Waals surface area contributed by atoms with Crippen LogP contribution < -0.4 is 5.32 Å². The Labute approximate surface area is 150 Å². The summed E-state index contributed by atoms with van der Waals surface area (Å²) in [5.41, 5.74) is 1.38. The zero-order chi connectivity index (χ0) is 17.6. The van der Waals surface area contributed by atoms with Crippen LogP contribution in [0.2, 0.25) is 18.1 Å². The van der Waals surface area contributed by atoms with E-state index in [1.807, 2.05) is 0 Å². The van der Waals surface area contributed by atoms with Crippen LogP contribution in [-0.2, 0) is 11.0 Å². The van der Waals surface area contributed by atoms with E-state index >= 15 is 0 Å². The van der Waals surface area contributed by atoms with Gasteiger partial charge in [-0.25, -0.2) is 0 Å². The van der Waals surface area contributed by atoms with Crippen molar-refractivity contribution in [1.29, 1.82) is 0 Å². The maximum atomic E-state index is 6.43. The SMILES string of the molecule is CC(C)(C)[Si](C)(C)OCC1CCC(CNCc2ccccc2)CC1. The molecule has 1 N–H and O–H groups in total. The average molecular weight is 348 g/mol. The third kappa shape index (κ3) is 6.02. The Morgan fingerprint density at radius 2 is 1.58 bits per heavy atom. The van der Waals surface area contributed by atoms with Crippen LogP contribution in [0.5, 0.6) is 0 Å². The quantitative estimate of drug-likeness (QED) is 0.648. The van der Waals surface area contributed by atoms with Gasteiger partial charge in [0.15, 0.2) is 8.32 Å². The zero-order valence-corrected chi connectivity index (χ0v) is 17.4. The first-order valence-corrected chi connectivity index (χ1v) is 12.6. The van der Waals surface area contributed by atoms with E-state index in [0.717, 1.165) is 31.5 Å². The molecule has 1 aliphatic carbocycles. The molecule has 3 heteroatoms. The molecular weight excluding hydrogens is 310 g/mol. The lowest BCUT2D eigenvalue weighted by atomic mass is 9.82. The molecule has 0 spiro atoms. The molecule has 0 saturated heterocycles. The van der Waals surface area contributed by atoms with E-state index in [1.54, 1.807) is 0 Å². The maximum Gasteiger partial charge on any atom is 0.191 e. The summed E-state index contributed by atoms with van der Waals surface area (Å²) >= 11 is 0. The number of hydrogen-bond donors (Lipinski definition) is 1. The lowest BCUT2D eigenvalue weighted by molar-refractivity contribution is 0.170. The fourth-order valence-corrected chi connectivity index (χ4v) is 4.25. The van der Waals surface area contributed by atoms with Crippen LogP contribution in [0, 0.1) is 11.8 Å². The molecule has 0 unspecified atom stereocenters. The van der Waals surface area contributed by atoms with E-state index in [2.05, 4.69) is 69.5 Å². The minimum absolute atomic E-state index is 0.325. The molecule has 0 aliphatic heterocycles. The van der Waals surface area contributed by atoms with E-state index < -0.39 is 8.32 Å². The number of hydrogen-bond acceptors (Lipinski definition) is 2. The molecule has 1 aliphatic rings. The van der Waals surface area contributed by atoms with E-state index in [1.165, 1.54) is 31.2 Å². The standard InChI is InChI=1S/C21H37NOSi/c1-21(2,3)24(4,5)23-17-20-13-11-19(12-14-20)16-22-15-18-9-7-6-8-10-18/h6-10,19-20,22H,11-17H2,1-5H3. The molecule has 24 heavy (non-hydrogen) atoms. The highest BCUT2D eigenvalue weighted by Gasteiger charge is 2.37. The van der Waals surface area contributed by atoms with Gasteiger partial charge in [0.05, 0.1) is 0 Å². The normalized spacial score (nSPS) is 22.5. The van der Waals surface area contributed by atoms with Gasteiger partial charge in [0.1, 0.15) is 0 Å². The largest absolute Gasteiger partial charge is 0.417 e. The Kier molecular flexibility index (Phi) is 7.08. The van der Waals surface area contributed by atoms with Gasteiger partial charge in [-0.2, -0.15) is 0 Å². The Bertz CT molecular complexity index is 472. The average Bonchev–Trinajstić information content (AvgIpc) is 2.54. The summed E-state index contributed by atoms with van der Waals surface area (Å²) in [6, 6.07) is 10.7. The molecular formula is C21H37NOSi. The van der Waals surface area contributed by atoms with E-state index in [9.17, 15) is 0 Å². The minimum Gasteiger partial charge on any atom is -0.417 e. The highest BCUT2D eigenvalue weighted by Crippen LogP contribution is 2.38. The van der Waals surface area contributed by atoms with Gasteiger partial charge >= 0.3 is 0 Å². The molecule has 1 aromatic carbocycles. The first kappa shape index (κ1) is 19.7. The van der Waals surface area contributed by atoms with Crippen LogP contribution in [0.25, 0.3) is 0 Å². The number of nitrogens with one attached hydrogen (secondary N) is 1. The molecule has 1 aromatic rings. The van der Waals surface area contributed by atoms with Crippen molar-refractivity contribution in [2.75, 3.05) is 13.2 Å². The smallest absolute Gasteiger partial charge is 0.191 e. The van der Waals surface area contributed by atoms with Crippen molar-refractivity contribution in [3.05, 3.63) is 35.9 Å². The molecule has 0 atom stereocenters. The molecule has 2 rings (SSSR count). The Hall–Kier alpha value is -0.643. The van der Waals surface area contributed by atoms with Gasteiger partial charge in [0.25, 0.3) is 0 Å². The van der Waals surface area contributed by atoms with Gasteiger partial charge < -0.3 is 9.74 Å². The van der Waals surface area contributed by atoms with Crippen molar-refractivity contribution in [1.82, 2.24) is 5.32 Å². The van der Waals surface area contributed by atoms with Crippen molar-refractivity contribution >= 4 is 8.32 Å². The van der Waals surface area contributed by atoms with Crippen LogP contribution in [-0.4, -0.2) is 21.5 Å². The predicted octanol–water partition coefficient (Wildman–Crippen LogP) is 5.60. The second-order valence-electron chi connectivity index (χ2n) is 9.07. The summed E-state index contributed by atoms with van der Waals surface area (Å²) in [7, 11) is -1.58. The molecule has 0 radical (unpaired) electrons. The fourth-order valence-electron chi connectivity index (χ4n) is 3.16. The highest BCUT2D eigenvalue weighted by molar-refractivity contribution is 6.74. The van der Waals surface area contributed by atoms with E-state index in [-0.39, 0.29) is 0 Å². The van der Waals surface area contributed by atoms with Crippen LogP contribution in [0.15, 0.2) is 30.3 Å². The van der Waals surface area contributed by atoms with Gasteiger partial charge in [-0.3, -0.25) is 0 Å². The van der Waals surface area contributed by atoms with Crippen LogP contribution in [0.3, 0.4) is 0 Å². The Morgan fingerprint density at radius 3 is 2.17 bits per heavy atom. The van der Waals surface area contributed by atoms with Crippen LogP contribution in [0.4, 0.5) is 0 Å². The highest BCUT2D eigenvalue weighted by atomic mass is 28.4. The topological polar surface area (TPSA) is 21.3 Å². The Balaban J connectivity index is 1.63. The van der Waals surface area contributed by atoms with E-state index in [0.29, 0.717) is 5.04 Å². The van der Waals surface area contributed by atoms with Crippen molar-refractivity contribution in [2.24, 2.45) is 11.8 Å². The predicted molar refractivity (Wildman–Crippen MR) is 107 cm³/mol. The van der Waals surface area contributed by atoms with Gasteiger partial charge in [-0.05, 0) is 67.8 Å². The Morgan fingerprint density at radius 1 is 1.00 bits per heavy atom. The first-order valence-electron chi connectivity index (χ1n) is 9.66. The molecule has 1 saturated carbocycles. The number of rotatable bonds is 7. The molecule has 136 valence electrons. The van der Waals surface area contributed by atoms with Gasteiger partial charge in [0.2, 0.25) is 0 Å². The maximum absolute atomic E-state index is 6.43. The zero-order valence-electron chi connectivity index (χ0n) is 16.4. The fraction of sp³-hybridized carbons (Fsp3) is 0.714. The summed E-state index contributed by atoms with van der Waals surface area (Å²) in [6.07, 6.45) is 5.39. The monoisotopic (exact) mass is 347 g/mol. The lowest BCUT2D eigenvalue weighted by Gasteiger charge is -2.38. The molecule has 0 aromatic heterocycles. The summed E-state index contributed by atoms with van der Waals surface area (Å²) < 4.78 is 6.43. The second kappa shape index (κ2) is 8.64. The lowest BCUT2D eigenvalue weighted by Crippen LogP contribution is -2.42. The molecule has 0 heterocycles. The summed E-state index contributed by atoms with van der Waals surface area (Å²) in [6.45, 7) is 14.9. The van der Waals surface area contributed by atoms with Crippen LogP contribution in [0.1, 0.15) is 52.0 Å². The molecule has 0 amide bonds. The van der Waals surface area contributed by atoms with Crippen molar-refractivity contribution in [2.45, 2.75) is 71.1 Å². The van der Waals surface area contributed by atoms with Crippen molar-refractivity contribution in [3.63, 3.8) is 0 Å². The third-order valence-corrected chi connectivity index (χ3v) is 10.6. The summed E-state index contributed by atoms with van der Waals surface area (Å²) in [5.74, 6) is 1.63. The van der Waals surface area contributed by atoms with Crippen molar-refractivity contribution < 1.29 is 4.43 Å². The number of benzene rings is 1. The van der Waals surface area contributed by atoms with Crippen molar-refractivity contribution in [3.8, 4) is 0 Å². The molecule has 0 bridgehead atoms. The van der Waals surface area contributed by atoms with E-state index in [4.69, 9.17) is 4.43 Å².